The standard InChI is InChI=1S/C17H13ClFN5O/c1-10-6-15(19)21-8-12(10)17(25)24-13-4-5-20-9-14(13)23-16-3-2-11(18)7-22-16/h2-9H,1H3,(H,22,23)(H,20,24,25). The lowest BCUT2D eigenvalue weighted by Gasteiger charge is -2.13. The molecule has 1 amide bonds. The van der Waals surface area contributed by atoms with Crippen molar-refractivity contribution in [3.63, 3.8) is 0 Å². The van der Waals surface area contributed by atoms with Crippen molar-refractivity contribution in [3.05, 3.63) is 71.2 Å². The number of aryl methyl sites for hydroxylation is 1. The number of halogens is 2. The van der Waals surface area contributed by atoms with Gasteiger partial charge in [-0.05, 0) is 36.8 Å². The molecule has 3 rings (SSSR count). The van der Waals surface area contributed by atoms with Gasteiger partial charge in [-0.25, -0.2) is 9.97 Å². The highest BCUT2D eigenvalue weighted by Gasteiger charge is 2.13. The first-order valence-corrected chi connectivity index (χ1v) is 7.67. The van der Waals surface area contributed by atoms with E-state index in [9.17, 15) is 9.18 Å². The highest BCUT2D eigenvalue weighted by molar-refractivity contribution is 6.30. The summed E-state index contributed by atoms with van der Waals surface area (Å²) in [7, 11) is 0. The van der Waals surface area contributed by atoms with Gasteiger partial charge in [0.05, 0.1) is 28.2 Å². The molecule has 2 N–H and O–H groups in total. The molecule has 0 aliphatic rings. The number of nitrogens with one attached hydrogen (secondary N) is 2. The normalized spacial score (nSPS) is 10.4. The Hall–Kier alpha value is -3.06. The summed E-state index contributed by atoms with van der Waals surface area (Å²) < 4.78 is 13.1. The maximum absolute atomic E-state index is 13.1. The quantitative estimate of drug-likeness (QED) is 0.691. The third kappa shape index (κ3) is 4.07. The third-order valence-electron chi connectivity index (χ3n) is 3.38. The molecule has 3 heterocycles. The Kier molecular flexibility index (Phi) is 4.85. The molecule has 0 bridgehead atoms. The largest absolute Gasteiger partial charge is 0.337 e. The SMILES string of the molecule is Cc1cc(F)ncc1C(=O)Nc1ccncc1Nc1ccc(Cl)cn1. The van der Waals surface area contributed by atoms with Crippen LogP contribution in [0, 0.1) is 12.9 Å². The van der Waals surface area contributed by atoms with Gasteiger partial charge in [0.25, 0.3) is 5.91 Å². The van der Waals surface area contributed by atoms with Crippen LogP contribution in [0.15, 0.2) is 49.1 Å². The van der Waals surface area contributed by atoms with E-state index in [4.69, 9.17) is 11.6 Å². The number of anilines is 3. The van der Waals surface area contributed by atoms with Crippen molar-refractivity contribution < 1.29 is 9.18 Å². The zero-order valence-corrected chi connectivity index (χ0v) is 13.9. The number of pyridine rings is 3. The predicted octanol–water partition coefficient (Wildman–Crippen LogP) is 3.97. The zero-order valence-electron chi connectivity index (χ0n) is 13.1. The summed E-state index contributed by atoms with van der Waals surface area (Å²) in [4.78, 5) is 24.1. The number of carbonyl (C=O) groups excluding carboxylic acids is 1. The molecule has 25 heavy (non-hydrogen) atoms. The Morgan fingerprint density at radius 1 is 1.12 bits per heavy atom. The van der Waals surface area contributed by atoms with Gasteiger partial charge in [-0.3, -0.25) is 9.78 Å². The fourth-order valence-corrected chi connectivity index (χ4v) is 2.25. The Morgan fingerprint density at radius 3 is 2.68 bits per heavy atom. The third-order valence-corrected chi connectivity index (χ3v) is 3.61. The minimum absolute atomic E-state index is 0.286. The van der Waals surface area contributed by atoms with Crippen LogP contribution in [-0.4, -0.2) is 20.9 Å². The number of hydrogen-bond donors (Lipinski definition) is 2. The van der Waals surface area contributed by atoms with E-state index in [-0.39, 0.29) is 5.56 Å². The van der Waals surface area contributed by atoms with Crippen molar-refractivity contribution in [2.75, 3.05) is 10.6 Å². The Bertz CT molecular complexity index is 917. The van der Waals surface area contributed by atoms with Gasteiger partial charge in [0, 0.05) is 18.6 Å². The molecule has 0 radical (unpaired) electrons. The van der Waals surface area contributed by atoms with Crippen LogP contribution in [0.3, 0.4) is 0 Å². The van der Waals surface area contributed by atoms with E-state index in [2.05, 4.69) is 25.6 Å². The van der Waals surface area contributed by atoms with E-state index in [1.165, 1.54) is 18.5 Å². The lowest BCUT2D eigenvalue weighted by Crippen LogP contribution is -2.15. The molecule has 126 valence electrons. The molecule has 6 nitrogen and oxygen atoms in total. The molecule has 8 heteroatoms. The number of aromatic nitrogens is 3. The molecule has 0 saturated heterocycles. The highest BCUT2D eigenvalue weighted by atomic mass is 35.5. The van der Waals surface area contributed by atoms with Crippen molar-refractivity contribution in [1.82, 2.24) is 15.0 Å². The van der Waals surface area contributed by atoms with E-state index in [1.54, 1.807) is 37.5 Å². The van der Waals surface area contributed by atoms with E-state index in [1.807, 2.05) is 0 Å². The topological polar surface area (TPSA) is 79.8 Å². The van der Waals surface area contributed by atoms with Gasteiger partial charge in [0.2, 0.25) is 5.95 Å². The molecule has 0 fully saturated rings. The Balaban J connectivity index is 1.83. The monoisotopic (exact) mass is 357 g/mol. The van der Waals surface area contributed by atoms with E-state index in [0.717, 1.165) is 0 Å². The molecule has 0 spiro atoms. The molecule has 3 aromatic heterocycles. The lowest BCUT2D eigenvalue weighted by atomic mass is 10.1. The Labute approximate surface area is 148 Å². The van der Waals surface area contributed by atoms with Crippen LogP contribution in [-0.2, 0) is 0 Å². The molecule has 0 unspecified atom stereocenters. The minimum Gasteiger partial charge on any atom is -0.337 e. The van der Waals surface area contributed by atoms with Gasteiger partial charge in [-0.15, -0.1) is 0 Å². The first-order chi connectivity index (χ1) is 12.0. The molecule has 0 aliphatic heterocycles. The average Bonchev–Trinajstić information content (AvgIpc) is 2.58. The van der Waals surface area contributed by atoms with Crippen molar-refractivity contribution in [1.29, 1.82) is 0 Å². The van der Waals surface area contributed by atoms with Crippen LogP contribution < -0.4 is 10.6 Å². The molecule has 0 aromatic carbocycles. The van der Waals surface area contributed by atoms with Gasteiger partial charge in [-0.1, -0.05) is 11.6 Å². The maximum atomic E-state index is 13.1. The number of carbonyl (C=O) groups is 1. The van der Waals surface area contributed by atoms with Gasteiger partial charge in [0.1, 0.15) is 5.82 Å². The van der Waals surface area contributed by atoms with Crippen molar-refractivity contribution in [2.45, 2.75) is 6.92 Å². The van der Waals surface area contributed by atoms with Gasteiger partial charge in [-0.2, -0.15) is 4.39 Å². The molecule has 0 aliphatic carbocycles. The lowest BCUT2D eigenvalue weighted by molar-refractivity contribution is 0.102. The molecule has 3 aromatic rings. The summed E-state index contributed by atoms with van der Waals surface area (Å²) >= 11 is 5.82. The summed E-state index contributed by atoms with van der Waals surface area (Å²) in [5.74, 6) is -0.482. The second kappa shape index (κ2) is 7.23. The van der Waals surface area contributed by atoms with Crippen LogP contribution in [0.2, 0.25) is 5.02 Å². The van der Waals surface area contributed by atoms with Crippen LogP contribution in [0.1, 0.15) is 15.9 Å². The van der Waals surface area contributed by atoms with Gasteiger partial charge in [0.15, 0.2) is 0 Å². The fourth-order valence-electron chi connectivity index (χ4n) is 2.14. The van der Waals surface area contributed by atoms with E-state index in [0.29, 0.717) is 27.8 Å². The highest BCUT2D eigenvalue weighted by Crippen LogP contribution is 2.24. The van der Waals surface area contributed by atoms with E-state index < -0.39 is 11.9 Å². The van der Waals surface area contributed by atoms with Gasteiger partial charge >= 0.3 is 0 Å². The summed E-state index contributed by atoms with van der Waals surface area (Å²) in [6, 6.07) is 6.24. The molecule has 0 saturated carbocycles. The first kappa shape index (κ1) is 16.8. The smallest absolute Gasteiger partial charge is 0.257 e. The second-order valence-corrected chi connectivity index (χ2v) is 5.62. The second-order valence-electron chi connectivity index (χ2n) is 5.18. The van der Waals surface area contributed by atoms with Crippen LogP contribution in [0.5, 0.6) is 0 Å². The van der Waals surface area contributed by atoms with Gasteiger partial charge < -0.3 is 10.6 Å². The molecular formula is C17H13ClFN5O. The first-order valence-electron chi connectivity index (χ1n) is 7.29. The number of amides is 1. The predicted molar refractivity (Wildman–Crippen MR) is 93.7 cm³/mol. The summed E-state index contributed by atoms with van der Waals surface area (Å²) in [6.07, 6.45) is 5.81. The fraction of sp³-hybridized carbons (Fsp3) is 0.0588. The molecule has 0 atom stereocenters. The number of nitrogens with zero attached hydrogens (tertiary/aromatic N) is 3. The van der Waals surface area contributed by atoms with Crippen LogP contribution in [0.25, 0.3) is 0 Å². The Morgan fingerprint density at radius 2 is 1.96 bits per heavy atom. The van der Waals surface area contributed by atoms with Crippen molar-refractivity contribution in [2.24, 2.45) is 0 Å². The van der Waals surface area contributed by atoms with E-state index >= 15 is 0 Å². The summed E-state index contributed by atoms with van der Waals surface area (Å²) in [5, 5.41) is 6.34. The van der Waals surface area contributed by atoms with Crippen LogP contribution in [0.4, 0.5) is 21.6 Å². The summed E-state index contributed by atoms with van der Waals surface area (Å²) in [6.45, 7) is 1.64. The number of rotatable bonds is 4. The van der Waals surface area contributed by atoms with Crippen molar-refractivity contribution >= 4 is 34.7 Å². The van der Waals surface area contributed by atoms with Crippen LogP contribution >= 0.6 is 11.6 Å². The molecular weight excluding hydrogens is 345 g/mol. The minimum atomic E-state index is -0.630. The van der Waals surface area contributed by atoms with Crippen molar-refractivity contribution in [3.8, 4) is 0 Å². The zero-order chi connectivity index (χ0) is 17.8. The maximum Gasteiger partial charge on any atom is 0.257 e. The average molecular weight is 358 g/mol. The number of hydrogen-bond acceptors (Lipinski definition) is 5. The summed E-state index contributed by atoms with van der Waals surface area (Å²) in [5.41, 5.74) is 1.83.